The molecule has 1 fully saturated rings. The van der Waals surface area contributed by atoms with Gasteiger partial charge in [0.05, 0.1) is 6.61 Å². The zero-order valence-corrected chi connectivity index (χ0v) is 13.9. The molecule has 1 aliphatic rings. The molecule has 1 saturated heterocycles. The number of oxazole rings is 1. The summed E-state index contributed by atoms with van der Waals surface area (Å²) in [6.07, 6.45) is 1.93. The van der Waals surface area contributed by atoms with Crippen molar-refractivity contribution in [2.24, 2.45) is 5.92 Å². The molecule has 1 aromatic carbocycles. The zero-order valence-electron chi connectivity index (χ0n) is 13.9. The summed E-state index contributed by atoms with van der Waals surface area (Å²) in [6, 6.07) is 5.98. The van der Waals surface area contributed by atoms with Crippen molar-refractivity contribution >= 4 is 5.91 Å². The molecule has 2 heterocycles. The average Bonchev–Trinajstić information content (AvgIpc) is 2.92. The number of likely N-dealkylation sites (tertiary alicyclic amines) is 1. The molecule has 128 valence electrons. The summed E-state index contributed by atoms with van der Waals surface area (Å²) in [5, 5.41) is 0. The van der Waals surface area contributed by atoms with Crippen molar-refractivity contribution in [1.29, 1.82) is 0 Å². The SMILES string of the molecule is Cc1nc(C(=O)N2CCC[C@@H](COc3ccc(F)cc3)C2)c(C)o1. The van der Waals surface area contributed by atoms with Gasteiger partial charge in [0.2, 0.25) is 0 Å². The number of carbonyl (C=O) groups excluding carboxylic acids is 1. The minimum Gasteiger partial charge on any atom is -0.493 e. The van der Waals surface area contributed by atoms with Crippen LogP contribution in [0.5, 0.6) is 5.75 Å². The second-order valence-electron chi connectivity index (χ2n) is 6.16. The smallest absolute Gasteiger partial charge is 0.276 e. The molecule has 1 atom stereocenters. The van der Waals surface area contributed by atoms with Crippen molar-refractivity contribution in [1.82, 2.24) is 9.88 Å². The highest BCUT2D eigenvalue weighted by Crippen LogP contribution is 2.21. The minimum atomic E-state index is -0.282. The third-order valence-corrected chi connectivity index (χ3v) is 4.21. The van der Waals surface area contributed by atoms with Crippen molar-refractivity contribution in [3.05, 3.63) is 47.4 Å². The van der Waals surface area contributed by atoms with E-state index in [9.17, 15) is 9.18 Å². The molecule has 2 aromatic rings. The number of ether oxygens (including phenoxy) is 1. The average molecular weight is 332 g/mol. The number of hydrogen-bond acceptors (Lipinski definition) is 4. The van der Waals surface area contributed by atoms with Crippen LogP contribution in [0.3, 0.4) is 0 Å². The summed E-state index contributed by atoms with van der Waals surface area (Å²) in [7, 11) is 0. The first kappa shape index (κ1) is 16.5. The highest BCUT2D eigenvalue weighted by atomic mass is 19.1. The first-order chi connectivity index (χ1) is 11.5. The lowest BCUT2D eigenvalue weighted by atomic mass is 9.98. The van der Waals surface area contributed by atoms with Gasteiger partial charge in [-0.3, -0.25) is 4.79 Å². The van der Waals surface area contributed by atoms with Crippen LogP contribution >= 0.6 is 0 Å². The molecular formula is C18H21FN2O3. The molecule has 0 spiro atoms. The number of piperidine rings is 1. The largest absolute Gasteiger partial charge is 0.493 e. The maximum Gasteiger partial charge on any atom is 0.276 e. The van der Waals surface area contributed by atoms with E-state index in [1.807, 2.05) is 4.90 Å². The summed E-state index contributed by atoms with van der Waals surface area (Å²) in [4.78, 5) is 18.6. The van der Waals surface area contributed by atoms with Crippen molar-refractivity contribution < 1.29 is 18.3 Å². The Morgan fingerprint density at radius 3 is 2.79 bits per heavy atom. The summed E-state index contributed by atoms with van der Waals surface area (Å²) in [5.74, 6) is 1.58. The third-order valence-electron chi connectivity index (χ3n) is 4.21. The van der Waals surface area contributed by atoms with Gasteiger partial charge < -0.3 is 14.1 Å². The number of nitrogens with zero attached hydrogens (tertiary/aromatic N) is 2. The van der Waals surface area contributed by atoms with Crippen LogP contribution in [0.25, 0.3) is 0 Å². The van der Waals surface area contributed by atoms with Gasteiger partial charge in [0, 0.05) is 25.9 Å². The van der Waals surface area contributed by atoms with Crippen LogP contribution in [0.4, 0.5) is 4.39 Å². The minimum absolute atomic E-state index is 0.0872. The van der Waals surface area contributed by atoms with E-state index in [-0.39, 0.29) is 17.6 Å². The second-order valence-corrected chi connectivity index (χ2v) is 6.16. The predicted molar refractivity (Wildman–Crippen MR) is 86.5 cm³/mol. The molecule has 1 aliphatic heterocycles. The van der Waals surface area contributed by atoms with Gasteiger partial charge in [-0.15, -0.1) is 0 Å². The summed E-state index contributed by atoms with van der Waals surface area (Å²) in [5.41, 5.74) is 0.396. The molecule has 1 amide bonds. The van der Waals surface area contributed by atoms with Crippen LogP contribution in [-0.2, 0) is 0 Å². The van der Waals surface area contributed by atoms with Crippen LogP contribution in [0.1, 0.15) is 35.0 Å². The zero-order chi connectivity index (χ0) is 17.1. The second kappa shape index (κ2) is 7.03. The van der Waals surface area contributed by atoms with E-state index in [4.69, 9.17) is 9.15 Å². The fraction of sp³-hybridized carbons (Fsp3) is 0.444. The van der Waals surface area contributed by atoms with Crippen molar-refractivity contribution in [3.8, 4) is 5.75 Å². The van der Waals surface area contributed by atoms with Crippen LogP contribution < -0.4 is 4.74 Å². The van der Waals surface area contributed by atoms with Gasteiger partial charge >= 0.3 is 0 Å². The molecule has 0 N–H and O–H groups in total. The lowest BCUT2D eigenvalue weighted by Gasteiger charge is -2.32. The Balaban J connectivity index is 1.58. The monoisotopic (exact) mass is 332 g/mol. The quantitative estimate of drug-likeness (QED) is 0.861. The maximum atomic E-state index is 12.9. The predicted octanol–water partition coefficient (Wildman–Crippen LogP) is 3.36. The Labute approximate surface area is 140 Å². The van der Waals surface area contributed by atoms with Crippen molar-refractivity contribution in [2.75, 3.05) is 19.7 Å². The van der Waals surface area contributed by atoms with E-state index < -0.39 is 0 Å². The third kappa shape index (κ3) is 3.75. The Morgan fingerprint density at radius 1 is 1.38 bits per heavy atom. The van der Waals surface area contributed by atoms with Crippen molar-refractivity contribution in [2.45, 2.75) is 26.7 Å². The van der Waals surface area contributed by atoms with E-state index in [0.717, 1.165) is 19.4 Å². The van der Waals surface area contributed by atoms with E-state index in [2.05, 4.69) is 4.98 Å². The van der Waals surface area contributed by atoms with Crippen molar-refractivity contribution in [3.63, 3.8) is 0 Å². The summed E-state index contributed by atoms with van der Waals surface area (Å²) < 4.78 is 24.0. The number of hydrogen-bond donors (Lipinski definition) is 0. The number of aromatic nitrogens is 1. The highest BCUT2D eigenvalue weighted by Gasteiger charge is 2.28. The molecule has 0 aliphatic carbocycles. The fourth-order valence-electron chi connectivity index (χ4n) is 3.01. The van der Waals surface area contributed by atoms with Crippen LogP contribution in [-0.4, -0.2) is 35.5 Å². The van der Waals surface area contributed by atoms with Crippen LogP contribution in [0.2, 0.25) is 0 Å². The molecule has 24 heavy (non-hydrogen) atoms. The van der Waals surface area contributed by atoms with Gasteiger partial charge in [0.15, 0.2) is 11.6 Å². The lowest BCUT2D eigenvalue weighted by molar-refractivity contribution is 0.0626. The summed E-state index contributed by atoms with van der Waals surface area (Å²) >= 11 is 0. The van der Waals surface area contributed by atoms with Gasteiger partial charge in [-0.1, -0.05) is 0 Å². The Bertz CT molecular complexity index is 712. The molecule has 1 aromatic heterocycles. The van der Waals surface area contributed by atoms with E-state index in [0.29, 0.717) is 36.2 Å². The molecular weight excluding hydrogens is 311 g/mol. The number of halogens is 1. The van der Waals surface area contributed by atoms with E-state index >= 15 is 0 Å². The fourth-order valence-corrected chi connectivity index (χ4v) is 3.01. The van der Waals surface area contributed by atoms with Gasteiger partial charge in [-0.25, -0.2) is 9.37 Å². The van der Waals surface area contributed by atoms with Crippen LogP contribution in [0, 0.1) is 25.6 Å². The van der Waals surface area contributed by atoms with Gasteiger partial charge in [0.1, 0.15) is 17.3 Å². The Hall–Kier alpha value is -2.37. The van der Waals surface area contributed by atoms with Crippen LogP contribution in [0.15, 0.2) is 28.7 Å². The number of benzene rings is 1. The molecule has 0 radical (unpaired) electrons. The first-order valence-corrected chi connectivity index (χ1v) is 8.14. The van der Waals surface area contributed by atoms with Gasteiger partial charge in [0.25, 0.3) is 5.91 Å². The highest BCUT2D eigenvalue weighted by molar-refractivity contribution is 5.93. The van der Waals surface area contributed by atoms with Gasteiger partial charge in [-0.2, -0.15) is 0 Å². The first-order valence-electron chi connectivity index (χ1n) is 8.14. The number of amides is 1. The Kier molecular flexibility index (Phi) is 4.83. The maximum absolute atomic E-state index is 12.9. The van der Waals surface area contributed by atoms with E-state index in [1.165, 1.54) is 12.1 Å². The standard InChI is InChI=1S/C18H21FN2O3/c1-12-17(20-13(2)24-12)18(22)21-9-3-4-14(10-21)11-23-16-7-5-15(19)6-8-16/h5-8,14H,3-4,9-11H2,1-2H3/t14-/m1/s1. The van der Waals surface area contributed by atoms with Gasteiger partial charge in [-0.05, 0) is 44.0 Å². The number of rotatable bonds is 4. The Morgan fingerprint density at radius 2 is 2.12 bits per heavy atom. The molecule has 0 saturated carbocycles. The number of carbonyl (C=O) groups is 1. The molecule has 6 heteroatoms. The normalized spacial score (nSPS) is 17.8. The topological polar surface area (TPSA) is 55.6 Å². The summed E-state index contributed by atoms with van der Waals surface area (Å²) in [6.45, 7) is 5.35. The molecule has 5 nitrogen and oxygen atoms in total. The molecule has 0 bridgehead atoms. The lowest BCUT2D eigenvalue weighted by Crippen LogP contribution is -2.42. The molecule has 0 unspecified atom stereocenters. The molecule has 3 rings (SSSR count). The van der Waals surface area contributed by atoms with E-state index in [1.54, 1.807) is 26.0 Å². The number of aryl methyl sites for hydroxylation is 2.